The first kappa shape index (κ1) is 14.3. The van der Waals surface area contributed by atoms with Crippen molar-refractivity contribution in [1.29, 1.82) is 0 Å². The minimum atomic E-state index is -0.932. The molecule has 1 aliphatic carbocycles. The largest absolute Gasteiger partial charge is 0.476 e. The van der Waals surface area contributed by atoms with Crippen LogP contribution in [0.4, 0.5) is 0 Å². The molecule has 0 saturated heterocycles. The van der Waals surface area contributed by atoms with Gasteiger partial charge in [0.05, 0.1) is 5.69 Å². The van der Waals surface area contributed by atoms with Gasteiger partial charge >= 0.3 is 5.97 Å². The van der Waals surface area contributed by atoms with E-state index >= 15 is 0 Å². The molecule has 0 aliphatic heterocycles. The van der Waals surface area contributed by atoms with Crippen molar-refractivity contribution in [1.82, 2.24) is 9.78 Å². The SMILES string of the molecule is CCC1CCc2c(c(C(=O)O)nn2-c2ccc(Br)cc2)C1. The average molecular weight is 349 g/mol. The molecule has 1 N–H and O–H groups in total. The zero-order valence-electron chi connectivity index (χ0n) is 11.8. The Morgan fingerprint density at radius 1 is 1.43 bits per heavy atom. The van der Waals surface area contributed by atoms with Gasteiger partial charge in [-0.2, -0.15) is 5.10 Å². The van der Waals surface area contributed by atoms with Gasteiger partial charge < -0.3 is 5.11 Å². The maximum absolute atomic E-state index is 11.5. The number of halogens is 1. The van der Waals surface area contributed by atoms with Gasteiger partial charge in [0.1, 0.15) is 0 Å². The predicted octanol–water partition coefficient (Wildman–Crippen LogP) is 3.85. The fourth-order valence-electron chi connectivity index (χ4n) is 3.00. The van der Waals surface area contributed by atoms with Crippen LogP contribution in [0.3, 0.4) is 0 Å². The molecule has 1 atom stereocenters. The van der Waals surface area contributed by atoms with E-state index in [0.717, 1.165) is 47.1 Å². The van der Waals surface area contributed by atoms with Gasteiger partial charge in [0, 0.05) is 15.7 Å². The molecule has 0 spiro atoms. The van der Waals surface area contributed by atoms with E-state index in [1.165, 1.54) is 0 Å². The number of fused-ring (bicyclic) bond motifs is 1. The first-order valence-electron chi connectivity index (χ1n) is 7.20. The van der Waals surface area contributed by atoms with Crippen molar-refractivity contribution in [3.63, 3.8) is 0 Å². The van der Waals surface area contributed by atoms with Gasteiger partial charge in [-0.3, -0.25) is 0 Å². The molecule has 0 bridgehead atoms. The van der Waals surface area contributed by atoms with Gasteiger partial charge in [-0.1, -0.05) is 29.3 Å². The molecule has 0 fully saturated rings. The van der Waals surface area contributed by atoms with Crippen LogP contribution in [-0.4, -0.2) is 20.9 Å². The second kappa shape index (κ2) is 5.64. The second-order valence-corrected chi connectivity index (χ2v) is 6.40. The summed E-state index contributed by atoms with van der Waals surface area (Å²) in [5.74, 6) is -0.364. The van der Waals surface area contributed by atoms with Crippen LogP contribution in [0, 0.1) is 5.92 Å². The van der Waals surface area contributed by atoms with E-state index in [9.17, 15) is 9.90 Å². The topological polar surface area (TPSA) is 55.1 Å². The molecule has 0 amide bonds. The predicted molar refractivity (Wildman–Crippen MR) is 84.0 cm³/mol. The van der Waals surface area contributed by atoms with E-state index in [-0.39, 0.29) is 5.69 Å². The number of nitrogens with zero attached hydrogens (tertiary/aromatic N) is 2. The highest BCUT2D eigenvalue weighted by molar-refractivity contribution is 9.10. The third-order valence-corrected chi connectivity index (χ3v) is 4.75. The molecule has 1 unspecified atom stereocenters. The normalized spacial score (nSPS) is 17.5. The molecule has 110 valence electrons. The van der Waals surface area contributed by atoms with E-state index in [2.05, 4.69) is 28.0 Å². The zero-order chi connectivity index (χ0) is 15.0. The van der Waals surface area contributed by atoms with Crippen molar-refractivity contribution in [3.05, 3.63) is 45.7 Å². The van der Waals surface area contributed by atoms with Crippen molar-refractivity contribution >= 4 is 21.9 Å². The number of rotatable bonds is 3. The fraction of sp³-hybridized carbons (Fsp3) is 0.375. The molecule has 0 saturated carbocycles. The van der Waals surface area contributed by atoms with Gasteiger partial charge in [-0.05, 0) is 49.4 Å². The van der Waals surface area contributed by atoms with Crippen LogP contribution in [0.2, 0.25) is 0 Å². The summed E-state index contributed by atoms with van der Waals surface area (Å²) in [6, 6.07) is 7.80. The quantitative estimate of drug-likeness (QED) is 0.916. The van der Waals surface area contributed by atoms with E-state index < -0.39 is 5.97 Å². The third kappa shape index (κ3) is 2.62. The fourth-order valence-corrected chi connectivity index (χ4v) is 3.27. The van der Waals surface area contributed by atoms with Crippen LogP contribution in [0.25, 0.3) is 5.69 Å². The highest BCUT2D eigenvalue weighted by Gasteiger charge is 2.28. The van der Waals surface area contributed by atoms with E-state index in [4.69, 9.17) is 0 Å². The Hall–Kier alpha value is -1.62. The third-order valence-electron chi connectivity index (χ3n) is 4.22. The lowest BCUT2D eigenvalue weighted by atomic mass is 9.85. The Labute approximate surface area is 131 Å². The number of benzene rings is 1. The molecular formula is C16H17BrN2O2. The van der Waals surface area contributed by atoms with E-state index in [1.54, 1.807) is 4.68 Å². The Balaban J connectivity index is 2.10. The lowest BCUT2D eigenvalue weighted by Crippen LogP contribution is -2.16. The number of carboxylic acid groups (broad SMARTS) is 1. The number of hydrogen-bond acceptors (Lipinski definition) is 2. The number of aromatic carboxylic acids is 1. The molecule has 3 rings (SSSR count). The van der Waals surface area contributed by atoms with Gasteiger partial charge in [0.2, 0.25) is 0 Å². The van der Waals surface area contributed by atoms with E-state index in [1.807, 2.05) is 24.3 Å². The molecule has 5 heteroatoms. The highest BCUT2D eigenvalue weighted by Crippen LogP contribution is 2.31. The standard InChI is InChI=1S/C16H17BrN2O2/c1-2-10-3-8-14-13(9-10)15(16(20)21)18-19(14)12-6-4-11(17)5-7-12/h4-7,10H,2-3,8-9H2,1H3,(H,20,21). The zero-order valence-corrected chi connectivity index (χ0v) is 13.4. The number of hydrogen-bond donors (Lipinski definition) is 1. The summed E-state index contributed by atoms with van der Waals surface area (Å²) in [6.07, 6.45) is 3.90. The first-order chi connectivity index (χ1) is 10.1. The molecule has 1 aromatic carbocycles. The smallest absolute Gasteiger partial charge is 0.356 e. The van der Waals surface area contributed by atoms with Gasteiger partial charge in [0.15, 0.2) is 5.69 Å². The second-order valence-electron chi connectivity index (χ2n) is 5.48. The summed E-state index contributed by atoms with van der Waals surface area (Å²) < 4.78 is 2.80. The van der Waals surface area contributed by atoms with Crippen molar-refractivity contribution in [3.8, 4) is 5.69 Å². The number of carbonyl (C=O) groups is 1. The maximum Gasteiger partial charge on any atom is 0.356 e. The lowest BCUT2D eigenvalue weighted by molar-refractivity contribution is 0.0688. The minimum Gasteiger partial charge on any atom is -0.476 e. The molecule has 0 radical (unpaired) electrons. The Morgan fingerprint density at radius 2 is 2.14 bits per heavy atom. The van der Waals surface area contributed by atoms with Crippen molar-refractivity contribution in [2.75, 3.05) is 0 Å². The van der Waals surface area contributed by atoms with Crippen molar-refractivity contribution in [2.45, 2.75) is 32.6 Å². The summed E-state index contributed by atoms with van der Waals surface area (Å²) >= 11 is 3.41. The first-order valence-corrected chi connectivity index (χ1v) is 7.99. The van der Waals surface area contributed by atoms with Crippen LogP contribution in [0.5, 0.6) is 0 Å². The van der Waals surface area contributed by atoms with Crippen LogP contribution in [-0.2, 0) is 12.8 Å². The Morgan fingerprint density at radius 3 is 2.76 bits per heavy atom. The molecular weight excluding hydrogens is 332 g/mol. The summed E-state index contributed by atoms with van der Waals surface area (Å²) in [7, 11) is 0. The van der Waals surface area contributed by atoms with Gasteiger partial charge in [-0.25, -0.2) is 9.48 Å². The van der Waals surface area contributed by atoms with Crippen LogP contribution >= 0.6 is 15.9 Å². The molecule has 1 heterocycles. The van der Waals surface area contributed by atoms with Crippen LogP contribution in [0.15, 0.2) is 28.7 Å². The minimum absolute atomic E-state index is 0.214. The monoisotopic (exact) mass is 348 g/mol. The van der Waals surface area contributed by atoms with Crippen molar-refractivity contribution in [2.24, 2.45) is 5.92 Å². The summed E-state index contributed by atoms with van der Waals surface area (Å²) in [6.45, 7) is 2.16. The lowest BCUT2D eigenvalue weighted by Gasteiger charge is -2.21. The summed E-state index contributed by atoms with van der Waals surface area (Å²) in [4.78, 5) is 11.5. The summed E-state index contributed by atoms with van der Waals surface area (Å²) in [5, 5.41) is 13.8. The average Bonchev–Trinajstić information content (AvgIpc) is 2.87. The molecule has 1 aromatic heterocycles. The van der Waals surface area contributed by atoms with Gasteiger partial charge in [-0.15, -0.1) is 0 Å². The van der Waals surface area contributed by atoms with Crippen LogP contribution < -0.4 is 0 Å². The Bertz CT molecular complexity index is 676. The molecule has 1 aliphatic rings. The van der Waals surface area contributed by atoms with Gasteiger partial charge in [0.25, 0.3) is 0 Å². The molecule has 2 aromatic rings. The van der Waals surface area contributed by atoms with Crippen LogP contribution in [0.1, 0.15) is 41.5 Å². The number of carboxylic acids is 1. The van der Waals surface area contributed by atoms with Crippen molar-refractivity contribution < 1.29 is 9.90 Å². The van der Waals surface area contributed by atoms with E-state index in [0.29, 0.717) is 5.92 Å². The molecule has 21 heavy (non-hydrogen) atoms. The Kier molecular flexibility index (Phi) is 3.85. The summed E-state index contributed by atoms with van der Waals surface area (Å²) in [5.41, 5.74) is 3.10. The molecule has 4 nitrogen and oxygen atoms in total. The maximum atomic E-state index is 11.5. The number of aromatic nitrogens is 2. The highest BCUT2D eigenvalue weighted by atomic mass is 79.9.